The second-order valence-corrected chi connectivity index (χ2v) is 4.00. The van der Waals surface area contributed by atoms with E-state index in [0.29, 0.717) is 0 Å². The lowest BCUT2D eigenvalue weighted by Crippen LogP contribution is -2.87. The van der Waals surface area contributed by atoms with Gasteiger partial charge >= 0.3 is 6.18 Å². The van der Waals surface area contributed by atoms with Crippen LogP contribution in [0.5, 0.6) is 0 Å². The Morgan fingerprint density at radius 1 is 1.00 bits per heavy atom. The number of halogens is 3. The van der Waals surface area contributed by atoms with E-state index < -0.39 is 11.7 Å². The summed E-state index contributed by atoms with van der Waals surface area (Å²) in [4.78, 5) is 0. The number of hydrogen-bond donors (Lipinski definition) is 1. The Balaban J connectivity index is 3.01. The number of alkyl halides is 3. The Bertz CT molecular complexity index is 325. The van der Waals surface area contributed by atoms with E-state index in [0.717, 1.165) is 17.7 Å². The fraction of sp³-hybridized carbons (Fsp3) is 0.364. The molecule has 15 heavy (non-hydrogen) atoms. The first-order valence-corrected chi connectivity index (χ1v) is 4.59. The van der Waals surface area contributed by atoms with Crippen molar-refractivity contribution < 1.29 is 18.5 Å². The fourth-order valence-electron chi connectivity index (χ4n) is 1.21. The molecule has 4 heteroatoms. The minimum Gasteiger partial charge on any atom is -0.471 e. The van der Waals surface area contributed by atoms with Crippen LogP contribution in [0.3, 0.4) is 0 Å². The Morgan fingerprint density at radius 3 is 1.73 bits per heavy atom. The highest BCUT2D eigenvalue weighted by Gasteiger charge is 2.30. The van der Waals surface area contributed by atoms with E-state index in [-0.39, 0.29) is 5.54 Å². The standard InChI is InChI=1S/C11H14F3N/c1-10(2,15-3)8-4-6-9(7-5-8)11(12,13)14/h4-7H,3,15H2,1-2H3. The van der Waals surface area contributed by atoms with Crippen molar-refractivity contribution in [2.45, 2.75) is 25.6 Å². The third-order valence-electron chi connectivity index (χ3n) is 2.47. The van der Waals surface area contributed by atoms with Crippen LogP contribution in [0.4, 0.5) is 13.2 Å². The van der Waals surface area contributed by atoms with Crippen molar-refractivity contribution in [1.82, 2.24) is 0 Å². The lowest BCUT2D eigenvalue weighted by molar-refractivity contribution is -0.677. The average Bonchev–Trinajstić information content (AvgIpc) is 2.17. The fourth-order valence-corrected chi connectivity index (χ4v) is 1.21. The predicted octanol–water partition coefficient (Wildman–Crippen LogP) is 2.30. The maximum atomic E-state index is 12.3. The summed E-state index contributed by atoms with van der Waals surface area (Å²) in [6.07, 6.45) is -4.27. The molecule has 2 N–H and O–H groups in total. The Labute approximate surface area is 87.3 Å². The number of quaternary nitrogens is 1. The molecule has 0 atom stereocenters. The van der Waals surface area contributed by atoms with Gasteiger partial charge in [-0.05, 0) is 26.0 Å². The van der Waals surface area contributed by atoms with E-state index in [4.69, 9.17) is 0 Å². The van der Waals surface area contributed by atoms with Crippen molar-refractivity contribution in [2.24, 2.45) is 0 Å². The molecule has 0 radical (unpaired) electrons. The van der Waals surface area contributed by atoms with E-state index in [9.17, 15) is 13.2 Å². The molecule has 0 bridgehead atoms. The normalized spacial score (nSPS) is 12.9. The number of nitrogens with two attached hydrogens (primary N) is 1. The summed E-state index contributed by atoms with van der Waals surface area (Å²) in [5, 5.41) is 1.72. The van der Waals surface area contributed by atoms with Gasteiger partial charge in [-0.1, -0.05) is 12.1 Å². The van der Waals surface area contributed by atoms with E-state index >= 15 is 0 Å². The molecule has 0 saturated heterocycles. The average molecular weight is 217 g/mol. The summed E-state index contributed by atoms with van der Waals surface area (Å²) in [7, 11) is 3.66. The molecule has 0 aromatic heterocycles. The van der Waals surface area contributed by atoms with Gasteiger partial charge in [0.1, 0.15) is 0 Å². The maximum absolute atomic E-state index is 12.3. The van der Waals surface area contributed by atoms with Crippen LogP contribution in [-0.4, -0.2) is 0 Å². The van der Waals surface area contributed by atoms with Crippen LogP contribution in [0.15, 0.2) is 24.3 Å². The van der Waals surface area contributed by atoms with E-state index in [2.05, 4.69) is 7.05 Å². The smallest absolute Gasteiger partial charge is 0.416 e. The van der Waals surface area contributed by atoms with Crippen molar-refractivity contribution in [3.05, 3.63) is 42.4 Å². The SMILES string of the molecule is [CH2-][NH2+]C(C)(C)c1ccc(C(F)(F)F)cc1. The van der Waals surface area contributed by atoms with Gasteiger partial charge in [0, 0.05) is 5.56 Å². The third-order valence-corrected chi connectivity index (χ3v) is 2.47. The summed E-state index contributed by atoms with van der Waals surface area (Å²) in [6.45, 7) is 3.81. The molecule has 0 aliphatic carbocycles. The molecule has 0 amide bonds. The third kappa shape index (κ3) is 2.72. The van der Waals surface area contributed by atoms with Gasteiger partial charge in [-0.15, -0.1) is 0 Å². The number of rotatable bonds is 2. The van der Waals surface area contributed by atoms with Gasteiger partial charge < -0.3 is 5.32 Å². The minimum absolute atomic E-state index is 0.301. The Hall–Kier alpha value is -1.03. The summed E-state index contributed by atoms with van der Waals surface area (Å²) in [5.74, 6) is 0. The second kappa shape index (κ2) is 3.85. The first-order valence-electron chi connectivity index (χ1n) is 4.59. The monoisotopic (exact) mass is 217 g/mol. The van der Waals surface area contributed by atoms with Gasteiger partial charge in [-0.3, -0.25) is 0 Å². The largest absolute Gasteiger partial charge is 0.471 e. The molecule has 0 heterocycles. The summed E-state index contributed by atoms with van der Waals surface area (Å²) >= 11 is 0. The van der Waals surface area contributed by atoms with Crippen LogP contribution < -0.4 is 5.32 Å². The van der Waals surface area contributed by atoms with Gasteiger partial charge in [0.05, 0.1) is 11.1 Å². The highest BCUT2D eigenvalue weighted by atomic mass is 19.4. The first kappa shape index (κ1) is 12.0. The second-order valence-electron chi connectivity index (χ2n) is 4.00. The van der Waals surface area contributed by atoms with Gasteiger partial charge in [0.15, 0.2) is 0 Å². The molecule has 0 saturated carbocycles. The van der Waals surface area contributed by atoms with Crippen molar-refractivity contribution in [1.29, 1.82) is 0 Å². The summed E-state index contributed by atoms with van der Waals surface area (Å²) < 4.78 is 36.8. The molecule has 1 aromatic rings. The quantitative estimate of drug-likeness (QED) is 0.732. The summed E-state index contributed by atoms with van der Waals surface area (Å²) in [5.41, 5.74) is -0.0963. The van der Waals surface area contributed by atoms with Crippen LogP contribution in [0.25, 0.3) is 0 Å². The molecule has 0 unspecified atom stereocenters. The molecule has 0 aliphatic rings. The van der Waals surface area contributed by atoms with E-state index in [1.165, 1.54) is 12.1 Å². The van der Waals surface area contributed by atoms with Gasteiger partial charge in [0.2, 0.25) is 0 Å². The Morgan fingerprint density at radius 2 is 1.40 bits per heavy atom. The molecule has 84 valence electrons. The molecular weight excluding hydrogens is 203 g/mol. The summed E-state index contributed by atoms with van der Waals surface area (Å²) in [6, 6.07) is 5.18. The lowest BCUT2D eigenvalue weighted by atomic mass is 9.94. The van der Waals surface area contributed by atoms with Gasteiger partial charge in [-0.2, -0.15) is 20.2 Å². The van der Waals surface area contributed by atoms with E-state index in [1.807, 2.05) is 13.8 Å². The van der Waals surface area contributed by atoms with E-state index in [1.54, 1.807) is 5.32 Å². The van der Waals surface area contributed by atoms with Crippen molar-refractivity contribution in [3.63, 3.8) is 0 Å². The lowest BCUT2D eigenvalue weighted by Gasteiger charge is -2.25. The van der Waals surface area contributed by atoms with Crippen LogP contribution in [-0.2, 0) is 11.7 Å². The topological polar surface area (TPSA) is 16.6 Å². The van der Waals surface area contributed by atoms with Gasteiger partial charge in [0.25, 0.3) is 0 Å². The maximum Gasteiger partial charge on any atom is 0.416 e. The van der Waals surface area contributed by atoms with Crippen molar-refractivity contribution >= 4 is 0 Å². The van der Waals surface area contributed by atoms with Crippen molar-refractivity contribution in [3.8, 4) is 0 Å². The number of benzene rings is 1. The predicted molar refractivity (Wildman–Crippen MR) is 51.8 cm³/mol. The molecule has 0 aliphatic heterocycles. The van der Waals surface area contributed by atoms with Crippen LogP contribution in [0.2, 0.25) is 0 Å². The molecule has 1 rings (SSSR count). The molecule has 0 spiro atoms. The molecule has 0 fully saturated rings. The Kier molecular flexibility index (Phi) is 3.09. The van der Waals surface area contributed by atoms with Crippen molar-refractivity contribution in [2.75, 3.05) is 0 Å². The zero-order valence-corrected chi connectivity index (χ0v) is 8.73. The van der Waals surface area contributed by atoms with Crippen LogP contribution in [0, 0.1) is 7.05 Å². The minimum atomic E-state index is -4.27. The van der Waals surface area contributed by atoms with Crippen LogP contribution >= 0.6 is 0 Å². The zero-order chi connectivity index (χ0) is 11.7. The highest BCUT2D eigenvalue weighted by Crippen LogP contribution is 2.30. The first-order chi connectivity index (χ1) is 6.77. The zero-order valence-electron chi connectivity index (χ0n) is 8.73. The molecule has 1 nitrogen and oxygen atoms in total. The molecular formula is C11H14F3N. The van der Waals surface area contributed by atoms with Crippen LogP contribution in [0.1, 0.15) is 25.0 Å². The highest BCUT2D eigenvalue weighted by molar-refractivity contribution is 5.27. The number of hydrogen-bond acceptors (Lipinski definition) is 0. The molecule has 1 aromatic carbocycles. The van der Waals surface area contributed by atoms with Gasteiger partial charge in [-0.25, -0.2) is 0 Å².